The normalized spacial score (nSPS) is 10.5. The maximum atomic E-state index is 13.2. The SMILES string of the molecule is Cc1c(C(=O)OCc2ccccc2)c(C(=O)OCc2ccccc2)c(C)n1Nc1ncccn1. The van der Waals surface area contributed by atoms with E-state index in [-0.39, 0.29) is 24.3 Å². The maximum Gasteiger partial charge on any atom is 0.341 e. The zero-order valence-corrected chi connectivity index (χ0v) is 18.9. The second-order valence-electron chi connectivity index (χ2n) is 7.56. The molecule has 8 heteroatoms. The fraction of sp³-hybridized carbons (Fsp3) is 0.154. The molecule has 0 spiro atoms. The van der Waals surface area contributed by atoms with E-state index in [0.29, 0.717) is 17.3 Å². The Labute approximate surface area is 197 Å². The van der Waals surface area contributed by atoms with Gasteiger partial charge < -0.3 is 9.47 Å². The average molecular weight is 457 g/mol. The summed E-state index contributed by atoms with van der Waals surface area (Å²) in [5, 5.41) is 0. The maximum absolute atomic E-state index is 13.2. The van der Waals surface area contributed by atoms with Gasteiger partial charge in [-0.15, -0.1) is 0 Å². The molecule has 4 rings (SSSR count). The highest BCUT2D eigenvalue weighted by molar-refractivity contribution is 6.05. The summed E-state index contributed by atoms with van der Waals surface area (Å²) in [4.78, 5) is 34.6. The molecule has 0 aliphatic heterocycles. The molecule has 0 aliphatic carbocycles. The predicted octanol–water partition coefficient (Wildman–Crippen LogP) is 4.48. The molecule has 0 radical (unpaired) electrons. The van der Waals surface area contributed by atoms with Gasteiger partial charge in [-0.3, -0.25) is 10.1 Å². The number of esters is 2. The van der Waals surface area contributed by atoms with E-state index in [9.17, 15) is 9.59 Å². The van der Waals surface area contributed by atoms with Gasteiger partial charge in [0.05, 0.1) is 22.5 Å². The topological polar surface area (TPSA) is 95.3 Å². The summed E-state index contributed by atoms with van der Waals surface area (Å²) in [7, 11) is 0. The van der Waals surface area contributed by atoms with Crippen LogP contribution in [-0.2, 0) is 22.7 Å². The summed E-state index contributed by atoms with van der Waals surface area (Å²) in [6.45, 7) is 3.60. The molecule has 34 heavy (non-hydrogen) atoms. The van der Waals surface area contributed by atoms with Crippen molar-refractivity contribution in [3.63, 3.8) is 0 Å². The first kappa shape index (κ1) is 22.7. The first-order chi connectivity index (χ1) is 16.5. The van der Waals surface area contributed by atoms with Gasteiger partial charge in [0.2, 0.25) is 5.95 Å². The number of rotatable bonds is 8. The van der Waals surface area contributed by atoms with E-state index >= 15 is 0 Å². The molecule has 4 aromatic rings. The van der Waals surface area contributed by atoms with Gasteiger partial charge in [0, 0.05) is 12.4 Å². The molecule has 0 saturated heterocycles. The average Bonchev–Trinajstić information content (AvgIpc) is 3.12. The Balaban J connectivity index is 1.64. The lowest BCUT2D eigenvalue weighted by atomic mass is 10.1. The van der Waals surface area contributed by atoms with Gasteiger partial charge in [-0.1, -0.05) is 60.7 Å². The van der Waals surface area contributed by atoms with Gasteiger partial charge in [0.15, 0.2) is 0 Å². The van der Waals surface area contributed by atoms with Crippen LogP contribution >= 0.6 is 0 Å². The highest BCUT2D eigenvalue weighted by atomic mass is 16.5. The van der Waals surface area contributed by atoms with Crippen LogP contribution in [-0.4, -0.2) is 26.6 Å². The van der Waals surface area contributed by atoms with Crippen molar-refractivity contribution in [2.75, 3.05) is 5.43 Å². The summed E-state index contributed by atoms with van der Waals surface area (Å²) < 4.78 is 12.7. The number of hydrogen-bond donors (Lipinski definition) is 1. The number of nitrogens with zero attached hydrogens (tertiary/aromatic N) is 3. The summed E-state index contributed by atoms with van der Waals surface area (Å²) in [6.07, 6.45) is 3.18. The number of carbonyl (C=O) groups excluding carboxylic acids is 2. The van der Waals surface area contributed by atoms with Gasteiger partial charge in [0.25, 0.3) is 0 Å². The van der Waals surface area contributed by atoms with Crippen LogP contribution in [0.4, 0.5) is 5.95 Å². The zero-order valence-electron chi connectivity index (χ0n) is 18.9. The third kappa shape index (κ3) is 5.12. The lowest BCUT2D eigenvalue weighted by molar-refractivity contribution is 0.0425. The minimum Gasteiger partial charge on any atom is -0.457 e. The Bertz CT molecular complexity index is 1190. The van der Waals surface area contributed by atoms with Gasteiger partial charge in [-0.2, -0.15) is 0 Å². The fourth-order valence-corrected chi connectivity index (χ4v) is 3.55. The molecule has 2 aromatic carbocycles. The summed E-state index contributed by atoms with van der Waals surface area (Å²) in [6, 6.07) is 20.4. The molecule has 0 aliphatic rings. The number of hydrogen-bond acceptors (Lipinski definition) is 7. The number of benzene rings is 2. The third-order valence-corrected chi connectivity index (χ3v) is 5.26. The first-order valence-corrected chi connectivity index (χ1v) is 10.7. The molecule has 2 aromatic heterocycles. The first-order valence-electron chi connectivity index (χ1n) is 10.7. The third-order valence-electron chi connectivity index (χ3n) is 5.26. The van der Waals surface area contributed by atoms with Crippen LogP contribution in [0.25, 0.3) is 0 Å². The van der Waals surface area contributed by atoms with Crippen LogP contribution in [0.15, 0.2) is 79.1 Å². The summed E-state index contributed by atoms with van der Waals surface area (Å²) >= 11 is 0. The number of ether oxygens (including phenoxy) is 2. The second kappa shape index (κ2) is 10.4. The van der Waals surface area contributed by atoms with Crippen molar-refractivity contribution in [2.24, 2.45) is 0 Å². The zero-order chi connectivity index (χ0) is 23.9. The molecule has 2 heterocycles. The molecule has 1 N–H and O–H groups in total. The lowest BCUT2D eigenvalue weighted by Crippen LogP contribution is -2.15. The molecule has 8 nitrogen and oxygen atoms in total. The van der Waals surface area contributed by atoms with E-state index in [1.54, 1.807) is 37.0 Å². The van der Waals surface area contributed by atoms with Gasteiger partial charge in [-0.05, 0) is 31.0 Å². The van der Waals surface area contributed by atoms with Crippen molar-refractivity contribution in [1.82, 2.24) is 14.6 Å². The minimum absolute atomic E-state index is 0.0804. The van der Waals surface area contributed by atoms with Crippen molar-refractivity contribution in [2.45, 2.75) is 27.1 Å². The quantitative estimate of drug-likeness (QED) is 0.391. The molecule has 0 fully saturated rings. The molecule has 0 unspecified atom stereocenters. The standard InChI is InChI=1S/C26H24N4O4/c1-18-22(24(31)33-16-20-10-5-3-6-11-20)23(25(32)34-17-21-12-7-4-8-13-21)19(2)30(18)29-26-27-14-9-15-28-26/h3-15H,16-17H2,1-2H3,(H,27,28,29). The van der Waals surface area contributed by atoms with E-state index in [4.69, 9.17) is 9.47 Å². The Kier molecular flexibility index (Phi) is 6.98. The highest BCUT2D eigenvalue weighted by Crippen LogP contribution is 2.25. The van der Waals surface area contributed by atoms with E-state index in [0.717, 1.165) is 11.1 Å². The van der Waals surface area contributed by atoms with Crippen LogP contribution in [0, 0.1) is 13.8 Å². The molecule has 0 amide bonds. The molecular weight excluding hydrogens is 432 g/mol. The Morgan fingerprint density at radius 2 is 1.18 bits per heavy atom. The lowest BCUT2D eigenvalue weighted by Gasteiger charge is -2.11. The van der Waals surface area contributed by atoms with Crippen molar-refractivity contribution in [3.8, 4) is 0 Å². The smallest absolute Gasteiger partial charge is 0.341 e. The monoisotopic (exact) mass is 456 g/mol. The number of nitrogens with one attached hydrogen (secondary N) is 1. The van der Waals surface area contributed by atoms with E-state index in [1.165, 1.54) is 0 Å². The molecule has 0 bridgehead atoms. The Morgan fingerprint density at radius 3 is 1.62 bits per heavy atom. The summed E-state index contributed by atoms with van der Waals surface area (Å²) in [5.41, 5.74) is 5.95. The Morgan fingerprint density at radius 1 is 0.735 bits per heavy atom. The number of anilines is 1. The molecular formula is C26H24N4O4. The van der Waals surface area contributed by atoms with Crippen molar-refractivity contribution in [3.05, 3.63) is 113 Å². The van der Waals surface area contributed by atoms with Crippen LogP contribution in [0.2, 0.25) is 0 Å². The van der Waals surface area contributed by atoms with Crippen molar-refractivity contribution < 1.29 is 19.1 Å². The van der Waals surface area contributed by atoms with Gasteiger partial charge in [0.1, 0.15) is 13.2 Å². The van der Waals surface area contributed by atoms with Crippen molar-refractivity contribution >= 4 is 17.9 Å². The van der Waals surface area contributed by atoms with Crippen LogP contribution < -0.4 is 5.43 Å². The fourth-order valence-electron chi connectivity index (χ4n) is 3.55. The summed E-state index contributed by atoms with van der Waals surface area (Å²) in [5.74, 6) is -0.923. The Hall–Kier alpha value is -4.46. The largest absolute Gasteiger partial charge is 0.457 e. The van der Waals surface area contributed by atoms with Gasteiger partial charge >= 0.3 is 11.9 Å². The van der Waals surface area contributed by atoms with Gasteiger partial charge in [-0.25, -0.2) is 19.6 Å². The van der Waals surface area contributed by atoms with Crippen LogP contribution in [0.5, 0.6) is 0 Å². The number of carbonyl (C=O) groups is 2. The molecule has 0 saturated carbocycles. The van der Waals surface area contributed by atoms with E-state index < -0.39 is 11.9 Å². The van der Waals surface area contributed by atoms with E-state index in [2.05, 4.69) is 15.4 Å². The minimum atomic E-state index is -0.620. The highest BCUT2D eigenvalue weighted by Gasteiger charge is 2.30. The van der Waals surface area contributed by atoms with Crippen LogP contribution in [0.3, 0.4) is 0 Å². The predicted molar refractivity (Wildman–Crippen MR) is 126 cm³/mol. The van der Waals surface area contributed by atoms with Crippen molar-refractivity contribution in [1.29, 1.82) is 0 Å². The molecule has 172 valence electrons. The molecule has 0 atom stereocenters. The van der Waals surface area contributed by atoms with E-state index in [1.807, 2.05) is 60.7 Å². The number of aromatic nitrogens is 3. The van der Waals surface area contributed by atoms with Crippen LogP contribution in [0.1, 0.15) is 43.2 Å². The second-order valence-corrected chi connectivity index (χ2v) is 7.56.